The summed E-state index contributed by atoms with van der Waals surface area (Å²) in [6, 6.07) is 2.18. The Kier molecular flexibility index (Phi) is 7.89. The van der Waals surface area contributed by atoms with Crippen LogP contribution in [0.1, 0.15) is 59.8 Å². The Bertz CT molecular complexity index is 234. The fourth-order valence-corrected chi connectivity index (χ4v) is 2.11. The molecule has 0 rings (SSSR count). The van der Waals surface area contributed by atoms with Gasteiger partial charge in [0.25, 0.3) is 0 Å². The van der Waals surface area contributed by atoms with Crippen molar-refractivity contribution in [3.63, 3.8) is 0 Å². The largest absolute Gasteiger partial charge is 0.298 e. The van der Waals surface area contributed by atoms with Crippen LogP contribution in [0, 0.1) is 29.1 Å². The van der Waals surface area contributed by atoms with Crippen LogP contribution >= 0.6 is 0 Å². The van der Waals surface area contributed by atoms with Gasteiger partial charge in [-0.05, 0) is 25.2 Å². The number of ketones is 1. The van der Waals surface area contributed by atoms with Gasteiger partial charge >= 0.3 is 0 Å². The van der Waals surface area contributed by atoms with Crippen LogP contribution in [-0.2, 0) is 4.79 Å². The van der Waals surface area contributed by atoms with Gasteiger partial charge in [0, 0.05) is 5.92 Å². The molecule has 0 aromatic rings. The number of carbonyl (C=O) groups excluding carboxylic acids is 1. The summed E-state index contributed by atoms with van der Waals surface area (Å²) < 4.78 is 0. The summed E-state index contributed by atoms with van der Waals surface area (Å²) in [6.07, 6.45) is 4.62. The van der Waals surface area contributed by atoms with Crippen LogP contribution in [0.25, 0.3) is 0 Å². The van der Waals surface area contributed by atoms with Gasteiger partial charge in [0.05, 0.1) is 6.07 Å². The summed E-state index contributed by atoms with van der Waals surface area (Å²) in [5, 5.41) is 9.06. The maximum absolute atomic E-state index is 12.2. The van der Waals surface area contributed by atoms with Crippen molar-refractivity contribution in [1.82, 2.24) is 0 Å². The SMILES string of the molecule is CCCC(CCC)C(=O)C(C#N)CC(C)C. The molecule has 0 aliphatic rings. The quantitative estimate of drug-likeness (QED) is 0.625. The minimum atomic E-state index is -0.386. The molecule has 0 aromatic carbocycles. The van der Waals surface area contributed by atoms with E-state index in [0.29, 0.717) is 12.3 Å². The van der Waals surface area contributed by atoms with Gasteiger partial charge in [0.15, 0.2) is 5.78 Å². The second kappa shape index (κ2) is 8.33. The lowest BCUT2D eigenvalue weighted by Crippen LogP contribution is -2.24. The maximum atomic E-state index is 12.2. The third-order valence-corrected chi connectivity index (χ3v) is 2.88. The Balaban J connectivity index is 4.49. The lowest BCUT2D eigenvalue weighted by atomic mass is 9.83. The smallest absolute Gasteiger partial charge is 0.153 e. The fourth-order valence-electron chi connectivity index (χ4n) is 2.11. The van der Waals surface area contributed by atoms with Crippen molar-refractivity contribution in [3.05, 3.63) is 0 Å². The highest BCUT2D eigenvalue weighted by Gasteiger charge is 2.26. The van der Waals surface area contributed by atoms with Crippen molar-refractivity contribution in [3.8, 4) is 6.07 Å². The number of hydrogen-bond acceptors (Lipinski definition) is 2. The van der Waals surface area contributed by atoms with Gasteiger partial charge in [-0.1, -0.05) is 40.5 Å². The summed E-state index contributed by atoms with van der Waals surface area (Å²) in [5.41, 5.74) is 0. The van der Waals surface area contributed by atoms with Crippen LogP contribution in [0.4, 0.5) is 0 Å². The molecule has 2 nitrogen and oxygen atoms in total. The van der Waals surface area contributed by atoms with Crippen LogP contribution in [0.5, 0.6) is 0 Å². The minimum absolute atomic E-state index is 0.110. The fraction of sp³-hybridized carbons (Fsp3) is 0.857. The predicted octanol–water partition coefficient (Wildman–Crippen LogP) is 3.96. The molecule has 0 N–H and O–H groups in total. The van der Waals surface area contributed by atoms with Gasteiger partial charge in [-0.2, -0.15) is 5.26 Å². The lowest BCUT2D eigenvalue weighted by molar-refractivity contribution is -0.126. The third-order valence-electron chi connectivity index (χ3n) is 2.88. The van der Waals surface area contributed by atoms with E-state index in [1.165, 1.54) is 0 Å². The second-order valence-corrected chi connectivity index (χ2v) is 4.99. The molecular weight excluding hydrogens is 198 g/mol. The number of Topliss-reactive ketones (excluding diaryl/α,β-unsaturated/α-hetero) is 1. The zero-order valence-corrected chi connectivity index (χ0v) is 11.1. The molecule has 0 aliphatic heterocycles. The van der Waals surface area contributed by atoms with Gasteiger partial charge in [0.2, 0.25) is 0 Å². The normalized spacial score (nSPS) is 12.8. The first-order valence-corrected chi connectivity index (χ1v) is 6.50. The van der Waals surface area contributed by atoms with E-state index in [9.17, 15) is 4.79 Å². The Hall–Kier alpha value is -0.840. The Morgan fingerprint density at radius 2 is 1.69 bits per heavy atom. The molecule has 92 valence electrons. The summed E-state index contributed by atoms with van der Waals surface area (Å²) in [7, 11) is 0. The van der Waals surface area contributed by atoms with E-state index >= 15 is 0 Å². The van der Waals surface area contributed by atoms with Gasteiger partial charge in [-0.25, -0.2) is 0 Å². The Morgan fingerprint density at radius 1 is 1.19 bits per heavy atom. The average Bonchev–Trinajstić information content (AvgIpc) is 2.24. The van der Waals surface area contributed by atoms with E-state index in [4.69, 9.17) is 5.26 Å². The number of carbonyl (C=O) groups is 1. The predicted molar refractivity (Wildman–Crippen MR) is 66.9 cm³/mol. The molecule has 0 bridgehead atoms. The molecule has 0 amide bonds. The standard InChI is InChI=1S/C14H25NO/c1-5-7-12(8-6-2)14(16)13(10-15)9-11(3)4/h11-13H,5-9H2,1-4H3. The molecular formula is C14H25NO. The zero-order chi connectivity index (χ0) is 12.6. The van der Waals surface area contributed by atoms with Crippen molar-refractivity contribution in [2.45, 2.75) is 59.8 Å². The maximum Gasteiger partial charge on any atom is 0.153 e. The van der Waals surface area contributed by atoms with Gasteiger partial charge in [-0.3, -0.25) is 4.79 Å². The average molecular weight is 223 g/mol. The van der Waals surface area contributed by atoms with E-state index in [1.54, 1.807) is 0 Å². The summed E-state index contributed by atoms with van der Waals surface area (Å²) in [4.78, 5) is 12.2. The zero-order valence-electron chi connectivity index (χ0n) is 11.1. The highest BCUT2D eigenvalue weighted by molar-refractivity contribution is 5.85. The van der Waals surface area contributed by atoms with E-state index in [-0.39, 0.29) is 17.6 Å². The van der Waals surface area contributed by atoms with Crippen LogP contribution in [0.3, 0.4) is 0 Å². The summed E-state index contributed by atoms with van der Waals surface area (Å²) >= 11 is 0. The number of hydrogen-bond donors (Lipinski definition) is 0. The van der Waals surface area contributed by atoms with E-state index in [2.05, 4.69) is 33.8 Å². The van der Waals surface area contributed by atoms with Crippen molar-refractivity contribution in [1.29, 1.82) is 5.26 Å². The molecule has 0 fully saturated rings. The topological polar surface area (TPSA) is 40.9 Å². The monoisotopic (exact) mass is 223 g/mol. The van der Waals surface area contributed by atoms with Crippen molar-refractivity contribution in [2.75, 3.05) is 0 Å². The molecule has 0 saturated carbocycles. The molecule has 0 saturated heterocycles. The first-order valence-electron chi connectivity index (χ1n) is 6.50. The molecule has 0 heterocycles. The van der Waals surface area contributed by atoms with Crippen molar-refractivity contribution >= 4 is 5.78 Å². The van der Waals surface area contributed by atoms with E-state index in [0.717, 1.165) is 25.7 Å². The van der Waals surface area contributed by atoms with Gasteiger partial charge in [-0.15, -0.1) is 0 Å². The van der Waals surface area contributed by atoms with Crippen LogP contribution in [0.15, 0.2) is 0 Å². The first-order chi connectivity index (χ1) is 7.56. The molecule has 0 aliphatic carbocycles. The Morgan fingerprint density at radius 3 is 2.00 bits per heavy atom. The van der Waals surface area contributed by atoms with Crippen molar-refractivity contribution in [2.24, 2.45) is 17.8 Å². The molecule has 16 heavy (non-hydrogen) atoms. The number of nitriles is 1. The van der Waals surface area contributed by atoms with Gasteiger partial charge in [0.1, 0.15) is 5.92 Å². The molecule has 0 spiro atoms. The number of rotatable bonds is 8. The molecule has 2 heteroatoms. The summed E-state index contributed by atoms with van der Waals surface area (Å²) in [6.45, 7) is 8.32. The number of nitrogens with zero attached hydrogens (tertiary/aromatic N) is 1. The highest BCUT2D eigenvalue weighted by atomic mass is 16.1. The minimum Gasteiger partial charge on any atom is -0.298 e. The first kappa shape index (κ1) is 15.2. The lowest BCUT2D eigenvalue weighted by Gasteiger charge is -2.18. The van der Waals surface area contributed by atoms with Crippen LogP contribution in [-0.4, -0.2) is 5.78 Å². The molecule has 0 aromatic heterocycles. The highest BCUT2D eigenvalue weighted by Crippen LogP contribution is 2.22. The third kappa shape index (κ3) is 5.30. The Labute approximate surface area is 100 Å². The second-order valence-electron chi connectivity index (χ2n) is 4.99. The van der Waals surface area contributed by atoms with Gasteiger partial charge < -0.3 is 0 Å². The summed E-state index contributed by atoms with van der Waals surface area (Å²) in [5.74, 6) is 0.318. The van der Waals surface area contributed by atoms with E-state index in [1.807, 2.05) is 0 Å². The molecule has 1 atom stereocenters. The van der Waals surface area contributed by atoms with E-state index < -0.39 is 0 Å². The van der Waals surface area contributed by atoms with Crippen LogP contribution in [0.2, 0.25) is 0 Å². The van der Waals surface area contributed by atoms with Crippen molar-refractivity contribution < 1.29 is 4.79 Å². The molecule has 1 unspecified atom stereocenters. The molecule has 0 radical (unpaired) electrons. The van der Waals surface area contributed by atoms with Crippen LogP contribution < -0.4 is 0 Å².